The van der Waals surface area contributed by atoms with Gasteiger partial charge in [0.25, 0.3) is 0 Å². The predicted molar refractivity (Wildman–Crippen MR) is 76.0 cm³/mol. The summed E-state index contributed by atoms with van der Waals surface area (Å²) < 4.78 is 11.9. The second-order valence-electron chi connectivity index (χ2n) is 3.40. The number of hydrogen-bond donors (Lipinski definition) is 0. The van der Waals surface area contributed by atoms with Gasteiger partial charge < -0.3 is 9.47 Å². The molecule has 0 N–H and O–H groups in total. The molecule has 0 unspecified atom stereocenters. The number of methoxy groups -OCH3 is 2. The number of aromatic nitrogens is 2. The Labute approximate surface area is 122 Å². The van der Waals surface area contributed by atoms with E-state index in [1.165, 1.54) is 0 Å². The van der Waals surface area contributed by atoms with Crippen LogP contribution in [0.15, 0.2) is 33.5 Å². The first-order valence-corrected chi connectivity index (χ1v) is 6.65. The fraction of sp³-hybridized carbons (Fsp3) is 0.167. The lowest BCUT2D eigenvalue weighted by Crippen LogP contribution is -1.95. The summed E-state index contributed by atoms with van der Waals surface area (Å²) in [7, 11) is 3.22. The Morgan fingerprint density at radius 1 is 0.944 bits per heavy atom. The molecule has 0 aliphatic heterocycles. The topological polar surface area (TPSA) is 44.2 Å². The molecule has 0 aliphatic rings. The van der Waals surface area contributed by atoms with Crippen molar-refractivity contribution in [2.75, 3.05) is 14.2 Å². The van der Waals surface area contributed by atoms with Crippen molar-refractivity contribution >= 4 is 31.9 Å². The zero-order valence-corrected chi connectivity index (χ0v) is 12.9. The molecular formula is C12H10Br2N2O2. The van der Waals surface area contributed by atoms with Gasteiger partial charge in [0.05, 0.1) is 19.8 Å². The summed E-state index contributed by atoms with van der Waals surface area (Å²) in [6.07, 6.45) is 0. The second-order valence-corrected chi connectivity index (χ2v) is 5.03. The van der Waals surface area contributed by atoms with E-state index < -0.39 is 0 Å². The molecule has 0 radical (unpaired) electrons. The molecule has 18 heavy (non-hydrogen) atoms. The summed E-state index contributed by atoms with van der Waals surface area (Å²) >= 11 is 6.68. The largest absolute Gasteiger partial charge is 0.497 e. The molecule has 0 fully saturated rings. The van der Waals surface area contributed by atoms with Gasteiger partial charge in [0.2, 0.25) is 0 Å². The molecule has 94 valence electrons. The van der Waals surface area contributed by atoms with Gasteiger partial charge in [0.1, 0.15) is 20.7 Å². The highest BCUT2D eigenvalue weighted by molar-refractivity contribution is 9.11. The smallest absolute Gasteiger partial charge is 0.165 e. The number of rotatable bonds is 3. The standard InChI is InChI=1S/C12H10Br2N2O2/c1-17-7-3-4-9(18-2)8(5-7)12-15-10(13)6-11(14)16-12/h3-6H,1-2H3. The molecule has 0 bridgehead atoms. The molecular weight excluding hydrogens is 364 g/mol. The molecule has 2 aromatic rings. The first-order valence-electron chi connectivity index (χ1n) is 5.06. The Bertz CT molecular complexity index is 556. The summed E-state index contributed by atoms with van der Waals surface area (Å²) in [5, 5.41) is 0. The number of benzene rings is 1. The van der Waals surface area contributed by atoms with Gasteiger partial charge in [0.15, 0.2) is 5.82 Å². The molecule has 4 nitrogen and oxygen atoms in total. The van der Waals surface area contributed by atoms with Gasteiger partial charge in [-0.05, 0) is 50.1 Å². The van der Waals surface area contributed by atoms with E-state index in [2.05, 4.69) is 41.8 Å². The van der Waals surface area contributed by atoms with Crippen LogP contribution in [0.3, 0.4) is 0 Å². The van der Waals surface area contributed by atoms with Crippen LogP contribution < -0.4 is 9.47 Å². The van der Waals surface area contributed by atoms with Crippen LogP contribution in [0.25, 0.3) is 11.4 Å². The van der Waals surface area contributed by atoms with Crippen LogP contribution in [-0.4, -0.2) is 24.2 Å². The molecule has 6 heteroatoms. The first kappa shape index (κ1) is 13.3. The normalized spacial score (nSPS) is 10.2. The zero-order valence-electron chi connectivity index (χ0n) is 9.78. The van der Waals surface area contributed by atoms with Gasteiger partial charge >= 0.3 is 0 Å². The molecule has 0 aliphatic carbocycles. The summed E-state index contributed by atoms with van der Waals surface area (Å²) in [6, 6.07) is 7.27. The van der Waals surface area contributed by atoms with E-state index in [0.29, 0.717) is 20.8 Å². The molecule has 1 aromatic carbocycles. The SMILES string of the molecule is COc1ccc(OC)c(-c2nc(Br)cc(Br)n2)c1. The molecule has 2 rings (SSSR count). The Morgan fingerprint density at radius 2 is 1.61 bits per heavy atom. The van der Waals surface area contributed by atoms with Crippen molar-refractivity contribution in [1.29, 1.82) is 0 Å². The minimum atomic E-state index is 0.562. The van der Waals surface area contributed by atoms with Gasteiger partial charge in [-0.3, -0.25) is 0 Å². The van der Waals surface area contributed by atoms with Crippen LogP contribution in [0.4, 0.5) is 0 Å². The fourth-order valence-corrected chi connectivity index (χ4v) is 2.58. The maximum absolute atomic E-state index is 5.31. The van der Waals surface area contributed by atoms with Crippen molar-refractivity contribution in [1.82, 2.24) is 9.97 Å². The molecule has 0 atom stereocenters. The highest BCUT2D eigenvalue weighted by Crippen LogP contribution is 2.32. The van der Waals surface area contributed by atoms with Crippen molar-refractivity contribution in [3.05, 3.63) is 33.5 Å². The van der Waals surface area contributed by atoms with E-state index in [4.69, 9.17) is 9.47 Å². The summed E-state index contributed by atoms with van der Waals surface area (Å²) in [4.78, 5) is 8.66. The highest BCUT2D eigenvalue weighted by atomic mass is 79.9. The van der Waals surface area contributed by atoms with Gasteiger partial charge in [-0.25, -0.2) is 9.97 Å². The van der Waals surface area contributed by atoms with Gasteiger partial charge in [-0.1, -0.05) is 0 Å². The van der Waals surface area contributed by atoms with Crippen LogP contribution in [0.5, 0.6) is 11.5 Å². The van der Waals surface area contributed by atoms with Crippen molar-refractivity contribution in [2.24, 2.45) is 0 Å². The Morgan fingerprint density at radius 3 is 2.17 bits per heavy atom. The molecule has 0 amide bonds. The summed E-state index contributed by atoms with van der Waals surface area (Å²) in [5.41, 5.74) is 0.777. The lowest BCUT2D eigenvalue weighted by molar-refractivity contribution is 0.404. The van der Waals surface area contributed by atoms with E-state index in [9.17, 15) is 0 Å². The van der Waals surface area contributed by atoms with Crippen LogP contribution in [0.1, 0.15) is 0 Å². The third-order valence-electron chi connectivity index (χ3n) is 2.31. The van der Waals surface area contributed by atoms with E-state index in [1.807, 2.05) is 18.2 Å². The zero-order chi connectivity index (χ0) is 13.1. The van der Waals surface area contributed by atoms with E-state index >= 15 is 0 Å². The van der Waals surface area contributed by atoms with Crippen LogP contribution in [-0.2, 0) is 0 Å². The maximum atomic E-state index is 5.31. The Balaban J connectivity index is 2.60. The average molecular weight is 374 g/mol. The minimum Gasteiger partial charge on any atom is -0.497 e. The quantitative estimate of drug-likeness (QED) is 0.769. The number of ether oxygens (including phenoxy) is 2. The van der Waals surface area contributed by atoms with Gasteiger partial charge in [-0.15, -0.1) is 0 Å². The molecule has 1 heterocycles. The minimum absolute atomic E-state index is 0.562. The van der Waals surface area contributed by atoms with Crippen molar-refractivity contribution in [3.63, 3.8) is 0 Å². The average Bonchev–Trinajstić information content (AvgIpc) is 2.36. The lowest BCUT2D eigenvalue weighted by Gasteiger charge is -2.09. The van der Waals surface area contributed by atoms with Crippen molar-refractivity contribution < 1.29 is 9.47 Å². The third kappa shape index (κ3) is 2.81. The van der Waals surface area contributed by atoms with Gasteiger partial charge in [-0.2, -0.15) is 0 Å². The van der Waals surface area contributed by atoms with Crippen molar-refractivity contribution in [3.8, 4) is 22.9 Å². The Hall–Kier alpha value is -1.14. The van der Waals surface area contributed by atoms with E-state index in [0.717, 1.165) is 11.3 Å². The number of hydrogen-bond acceptors (Lipinski definition) is 4. The monoisotopic (exact) mass is 372 g/mol. The third-order valence-corrected chi connectivity index (χ3v) is 3.12. The molecule has 0 saturated heterocycles. The first-order chi connectivity index (χ1) is 8.63. The van der Waals surface area contributed by atoms with E-state index in [-0.39, 0.29) is 0 Å². The fourth-order valence-electron chi connectivity index (χ4n) is 1.50. The van der Waals surface area contributed by atoms with Crippen LogP contribution in [0.2, 0.25) is 0 Å². The van der Waals surface area contributed by atoms with Crippen molar-refractivity contribution in [2.45, 2.75) is 0 Å². The van der Waals surface area contributed by atoms with E-state index in [1.54, 1.807) is 20.3 Å². The van der Waals surface area contributed by atoms with Gasteiger partial charge in [0, 0.05) is 6.07 Å². The highest BCUT2D eigenvalue weighted by Gasteiger charge is 2.11. The predicted octanol–water partition coefficient (Wildman–Crippen LogP) is 3.69. The number of nitrogens with zero attached hydrogens (tertiary/aromatic N) is 2. The number of halogens is 2. The molecule has 0 saturated carbocycles. The molecule has 1 aromatic heterocycles. The second kappa shape index (κ2) is 5.67. The summed E-state index contributed by atoms with van der Waals surface area (Å²) in [5.74, 6) is 1.98. The maximum Gasteiger partial charge on any atom is 0.165 e. The Kier molecular flexibility index (Phi) is 4.19. The van der Waals surface area contributed by atoms with Crippen LogP contribution >= 0.6 is 31.9 Å². The molecule has 0 spiro atoms. The lowest BCUT2D eigenvalue weighted by atomic mass is 10.1. The summed E-state index contributed by atoms with van der Waals surface area (Å²) in [6.45, 7) is 0. The van der Waals surface area contributed by atoms with Crippen LogP contribution in [0, 0.1) is 0 Å².